The third-order valence-corrected chi connectivity index (χ3v) is 6.13. The molecule has 7 heteroatoms. The van der Waals surface area contributed by atoms with Crippen LogP contribution in [0, 0.1) is 11.3 Å². The van der Waals surface area contributed by atoms with E-state index in [0.717, 1.165) is 18.4 Å². The molecule has 28 heavy (non-hydrogen) atoms. The molecule has 2 N–H and O–H groups in total. The van der Waals surface area contributed by atoms with Gasteiger partial charge in [-0.2, -0.15) is 0 Å². The number of ether oxygens (including phenoxy) is 1. The first-order valence-electron chi connectivity index (χ1n) is 9.50. The zero-order valence-corrected chi connectivity index (χ0v) is 15.8. The highest BCUT2D eigenvalue weighted by molar-refractivity contribution is 5.81. The van der Waals surface area contributed by atoms with E-state index >= 15 is 0 Å². The van der Waals surface area contributed by atoms with E-state index < -0.39 is 17.4 Å². The molecular weight excluding hydrogens is 360 g/mol. The smallest absolute Gasteiger partial charge is 0.318 e. The number of nitrogens with one attached hydrogen (secondary N) is 1. The molecule has 1 saturated heterocycles. The van der Waals surface area contributed by atoms with E-state index in [1.165, 1.54) is 0 Å². The molecule has 0 spiro atoms. The summed E-state index contributed by atoms with van der Waals surface area (Å²) >= 11 is 0. The fourth-order valence-electron chi connectivity index (χ4n) is 4.67. The Balaban J connectivity index is 1.58. The molecule has 2 heterocycles. The number of rotatable bonds is 5. The number of para-hydroxylation sites is 1. The van der Waals surface area contributed by atoms with Gasteiger partial charge >= 0.3 is 12.0 Å². The van der Waals surface area contributed by atoms with Gasteiger partial charge in [-0.05, 0) is 37.0 Å². The Morgan fingerprint density at radius 2 is 2.14 bits per heavy atom. The normalized spacial score (nSPS) is 24.6. The maximum absolute atomic E-state index is 13.1. The van der Waals surface area contributed by atoms with Crippen LogP contribution in [0.5, 0.6) is 5.75 Å². The molecule has 1 aliphatic carbocycles. The summed E-state index contributed by atoms with van der Waals surface area (Å²) in [6, 6.07) is 10.2. The molecule has 1 saturated carbocycles. The van der Waals surface area contributed by atoms with Gasteiger partial charge in [-0.3, -0.25) is 4.79 Å². The number of carboxylic acid groups (broad SMARTS) is 1. The number of carbonyl (C=O) groups excluding carboxylic acids is 1. The minimum absolute atomic E-state index is 0.0177. The highest BCUT2D eigenvalue weighted by Gasteiger charge is 2.56. The van der Waals surface area contributed by atoms with Crippen LogP contribution in [0.15, 0.2) is 47.1 Å². The number of benzene rings is 1. The van der Waals surface area contributed by atoms with Crippen molar-refractivity contribution in [1.29, 1.82) is 0 Å². The maximum atomic E-state index is 13.1. The lowest BCUT2D eigenvalue weighted by Crippen LogP contribution is -2.43. The highest BCUT2D eigenvalue weighted by Crippen LogP contribution is 2.49. The quantitative estimate of drug-likeness (QED) is 0.825. The zero-order chi connectivity index (χ0) is 19.7. The first-order valence-corrected chi connectivity index (χ1v) is 9.50. The summed E-state index contributed by atoms with van der Waals surface area (Å²) in [5, 5.41) is 12.8. The minimum Gasteiger partial charge on any atom is -0.496 e. The number of nitrogens with zero attached hydrogens (tertiary/aromatic N) is 1. The first kappa shape index (κ1) is 18.4. The largest absolute Gasteiger partial charge is 0.496 e. The van der Waals surface area contributed by atoms with Crippen LogP contribution in [-0.4, -0.2) is 42.2 Å². The van der Waals surface area contributed by atoms with Crippen molar-refractivity contribution in [2.75, 3.05) is 20.2 Å². The molecule has 4 rings (SSSR count). The van der Waals surface area contributed by atoms with Gasteiger partial charge in [0.2, 0.25) is 0 Å². The predicted molar refractivity (Wildman–Crippen MR) is 101 cm³/mol. The number of hydrogen-bond acceptors (Lipinski definition) is 4. The van der Waals surface area contributed by atoms with Gasteiger partial charge in [0.05, 0.1) is 18.8 Å². The van der Waals surface area contributed by atoms with Gasteiger partial charge in [0.1, 0.15) is 17.6 Å². The van der Waals surface area contributed by atoms with Gasteiger partial charge in [0, 0.05) is 18.7 Å². The SMILES string of the molecule is COc1ccccc1C(NC(=O)N1C[C@@H]2CCC[C@@]2(C(=O)O)C1)c1ccco1. The zero-order valence-electron chi connectivity index (χ0n) is 15.8. The van der Waals surface area contributed by atoms with Crippen LogP contribution >= 0.6 is 0 Å². The van der Waals surface area contributed by atoms with E-state index in [-0.39, 0.29) is 18.5 Å². The molecular formula is C21H24N2O5. The summed E-state index contributed by atoms with van der Waals surface area (Å²) in [6.45, 7) is 0.713. The monoisotopic (exact) mass is 384 g/mol. The van der Waals surface area contributed by atoms with Crippen molar-refractivity contribution in [2.45, 2.75) is 25.3 Å². The van der Waals surface area contributed by atoms with Crippen LogP contribution in [0.2, 0.25) is 0 Å². The maximum Gasteiger partial charge on any atom is 0.318 e. The number of carboxylic acids is 1. The van der Waals surface area contributed by atoms with Crippen LogP contribution in [-0.2, 0) is 4.79 Å². The van der Waals surface area contributed by atoms with E-state index in [4.69, 9.17) is 9.15 Å². The van der Waals surface area contributed by atoms with Gasteiger partial charge in [-0.1, -0.05) is 24.6 Å². The van der Waals surface area contributed by atoms with Crippen molar-refractivity contribution >= 4 is 12.0 Å². The molecule has 1 aromatic carbocycles. The Labute approximate surface area is 163 Å². The van der Waals surface area contributed by atoms with Gasteiger partial charge in [-0.25, -0.2) is 4.79 Å². The number of furan rings is 1. The Hall–Kier alpha value is -2.96. The topological polar surface area (TPSA) is 92.0 Å². The molecule has 0 bridgehead atoms. The van der Waals surface area contributed by atoms with Gasteiger partial charge in [-0.15, -0.1) is 0 Å². The molecule has 1 aliphatic heterocycles. The van der Waals surface area contributed by atoms with Crippen molar-refractivity contribution in [3.05, 3.63) is 54.0 Å². The third-order valence-electron chi connectivity index (χ3n) is 6.13. The number of methoxy groups -OCH3 is 1. The lowest BCUT2D eigenvalue weighted by atomic mass is 9.81. The van der Waals surface area contributed by atoms with Crippen LogP contribution in [0.25, 0.3) is 0 Å². The van der Waals surface area contributed by atoms with Gasteiger partial charge in [0.25, 0.3) is 0 Å². The molecule has 2 aromatic rings. The molecule has 148 valence electrons. The second-order valence-electron chi connectivity index (χ2n) is 7.57. The lowest BCUT2D eigenvalue weighted by molar-refractivity contribution is -0.149. The Morgan fingerprint density at radius 1 is 1.32 bits per heavy atom. The molecule has 1 aromatic heterocycles. The van der Waals surface area contributed by atoms with Crippen molar-refractivity contribution < 1.29 is 23.8 Å². The van der Waals surface area contributed by atoms with Crippen LogP contribution in [0.4, 0.5) is 4.79 Å². The van der Waals surface area contributed by atoms with Crippen LogP contribution < -0.4 is 10.1 Å². The van der Waals surface area contributed by atoms with Crippen LogP contribution in [0.1, 0.15) is 36.6 Å². The van der Waals surface area contributed by atoms with Gasteiger partial charge < -0.3 is 24.5 Å². The summed E-state index contributed by atoms with van der Waals surface area (Å²) in [4.78, 5) is 26.6. The Kier molecular flexibility index (Phi) is 4.75. The number of hydrogen-bond donors (Lipinski definition) is 2. The highest BCUT2D eigenvalue weighted by atomic mass is 16.5. The number of aliphatic carboxylic acids is 1. The van der Waals surface area contributed by atoms with E-state index in [1.807, 2.05) is 24.3 Å². The number of urea groups is 1. The average Bonchev–Trinajstić information content (AvgIpc) is 3.41. The molecule has 0 radical (unpaired) electrons. The van der Waals surface area contributed by atoms with E-state index in [0.29, 0.717) is 24.5 Å². The standard InChI is InChI=1S/C21H24N2O5/c1-27-16-8-3-2-7-15(16)18(17-9-5-11-28-17)22-20(26)23-12-14-6-4-10-21(14,13-23)19(24)25/h2-3,5,7-9,11,14,18H,4,6,10,12-13H2,1H3,(H,22,26)(H,24,25)/t14-,18?,21+/m0/s1. The Morgan fingerprint density at radius 3 is 2.82 bits per heavy atom. The third kappa shape index (κ3) is 3.00. The van der Waals surface area contributed by atoms with E-state index in [9.17, 15) is 14.7 Å². The summed E-state index contributed by atoms with van der Waals surface area (Å²) in [6.07, 6.45) is 3.95. The summed E-state index contributed by atoms with van der Waals surface area (Å²) < 4.78 is 11.0. The number of fused-ring (bicyclic) bond motifs is 1. The van der Waals surface area contributed by atoms with E-state index in [2.05, 4.69) is 5.32 Å². The van der Waals surface area contributed by atoms with Crippen molar-refractivity contribution in [1.82, 2.24) is 10.2 Å². The molecule has 7 nitrogen and oxygen atoms in total. The van der Waals surface area contributed by atoms with E-state index in [1.54, 1.807) is 30.4 Å². The fourth-order valence-corrected chi connectivity index (χ4v) is 4.67. The van der Waals surface area contributed by atoms with Crippen molar-refractivity contribution in [3.8, 4) is 5.75 Å². The second kappa shape index (κ2) is 7.22. The molecule has 2 fully saturated rings. The summed E-state index contributed by atoms with van der Waals surface area (Å²) in [5.74, 6) is 0.455. The number of likely N-dealkylation sites (tertiary alicyclic amines) is 1. The first-order chi connectivity index (χ1) is 13.5. The predicted octanol–water partition coefficient (Wildman–Crippen LogP) is 3.27. The lowest BCUT2D eigenvalue weighted by Gasteiger charge is -2.25. The second-order valence-corrected chi connectivity index (χ2v) is 7.57. The molecule has 2 amide bonds. The average molecular weight is 384 g/mol. The van der Waals surface area contributed by atoms with Crippen molar-refractivity contribution in [2.24, 2.45) is 11.3 Å². The Bertz CT molecular complexity index is 865. The summed E-state index contributed by atoms with van der Waals surface area (Å²) in [5.41, 5.74) is -0.0252. The number of amides is 2. The molecule has 1 unspecified atom stereocenters. The number of carbonyl (C=O) groups is 2. The van der Waals surface area contributed by atoms with Gasteiger partial charge in [0.15, 0.2) is 0 Å². The van der Waals surface area contributed by atoms with Crippen molar-refractivity contribution in [3.63, 3.8) is 0 Å². The van der Waals surface area contributed by atoms with Crippen LogP contribution in [0.3, 0.4) is 0 Å². The molecule has 3 atom stereocenters. The fraction of sp³-hybridized carbons (Fsp3) is 0.429. The minimum atomic E-state index is -0.804. The summed E-state index contributed by atoms with van der Waals surface area (Å²) in [7, 11) is 1.58. The molecule has 2 aliphatic rings.